The van der Waals surface area contributed by atoms with E-state index in [1.807, 2.05) is 36.4 Å². The molecule has 1 heterocycles. The highest BCUT2D eigenvalue weighted by atomic mass is 32.1. The minimum atomic E-state index is 0.0144. The first-order valence-electron chi connectivity index (χ1n) is 9.87. The van der Waals surface area contributed by atoms with Crippen LogP contribution in [0, 0.1) is 0 Å². The van der Waals surface area contributed by atoms with Crippen molar-refractivity contribution in [1.29, 1.82) is 0 Å². The lowest BCUT2D eigenvalue weighted by atomic mass is 10.1. The molecule has 0 spiro atoms. The molecule has 0 unspecified atom stereocenters. The Morgan fingerprint density at radius 2 is 1.11 bits per heavy atom. The SMILES string of the molecule is O=C(CCCc1ccccc1)N1CCN(C(=O)CCCc2ccccc2)C1=S. The predicted molar refractivity (Wildman–Crippen MR) is 115 cm³/mol. The molecule has 0 aromatic heterocycles. The topological polar surface area (TPSA) is 40.6 Å². The van der Waals surface area contributed by atoms with E-state index >= 15 is 0 Å². The molecule has 0 atom stereocenters. The van der Waals surface area contributed by atoms with Gasteiger partial charge >= 0.3 is 0 Å². The zero-order valence-electron chi connectivity index (χ0n) is 16.0. The van der Waals surface area contributed by atoms with Crippen molar-refractivity contribution in [3.63, 3.8) is 0 Å². The molecular formula is C23H26N2O2S. The summed E-state index contributed by atoms with van der Waals surface area (Å²) in [6, 6.07) is 20.3. The molecule has 0 bridgehead atoms. The van der Waals surface area contributed by atoms with E-state index in [9.17, 15) is 9.59 Å². The van der Waals surface area contributed by atoms with E-state index in [2.05, 4.69) is 24.3 Å². The van der Waals surface area contributed by atoms with Crippen LogP contribution in [0.1, 0.15) is 36.8 Å². The van der Waals surface area contributed by atoms with Gasteiger partial charge in [0.05, 0.1) is 0 Å². The standard InChI is InChI=1S/C23H26N2O2S/c26-21(15-7-13-19-9-3-1-4-10-19)24-17-18-25(23(24)28)22(27)16-8-14-20-11-5-2-6-12-20/h1-6,9-12H,7-8,13-18H2. The van der Waals surface area contributed by atoms with Gasteiger partial charge in [-0.15, -0.1) is 0 Å². The number of carbonyl (C=O) groups excluding carboxylic acids is 2. The fourth-order valence-electron chi connectivity index (χ4n) is 3.45. The number of aryl methyl sites for hydroxylation is 2. The van der Waals surface area contributed by atoms with E-state index in [1.165, 1.54) is 11.1 Å². The lowest BCUT2D eigenvalue weighted by Crippen LogP contribution is -2.38. The maximum Gasteiger partial charge on any atom is 0.228 e. The maximum atomic E-state index is 12.5. The van der Waals surface area contributed by atoms with E-state index in [0.29, 0.717) is 31.0 Å². The molecule has 2 aromatic carbocycles. The lowest BCUT2D eigenvalue weighted by Gasteiger charge is -2.19. The van der Waals surface area contributed by atoms with Crippen molar-refractivity contribution >= 4 is 29.1 Å². The summed E-state index contributed by atoms with van der Waals surface area (Å²) in [6.45, 7) is 1.01. The third-order valence-corrected chi connectivity index (χ3v) is 5.45. The van der Waals surface area contributed by atoms with Crippen LogP contribution >= 0.6 is 12.2 Å². The molecule has 1 aliphatic heterocycles. The van der Waals surface area contributed by atoms with Gasteiger partial charge in [-0.05, 0) is 49.0 Å². The van der Waals surface area contributed by atoms with E-state index < -0.39 is 0 Å². The molecule has 0 saturated carbocycles. The molecule has 0 radical (unpaired) electrons. The quantitative estimate of drug-likeness (QED) is 0.636. The molecule has 1 aliphatic rings. The summed E-state index contributed by atoms with van der Waals surface area (Å²) in [4.78, 5) is 28.2. The van der Waals surface area contributed by atoms with Crippen LogP contribution in [0.15, 0.2) is 60.7 Å². The first-order valence-corrected chi connectivity index (χ1v) is 10.3. The molecule has 3 rings (SSSR count). The molecular weight excluding hydrogens is 368 g/mol. The first kappa shape index (κ1) is 20.2. The molecule has 0 N–H and O–H groups in total. The largest absolute Gasteiger partial charge is 0.287 e. The number of hydrogen-bond acceptors (Lipinski definition) is 3. The van der Waals surface area contributed by atoms with Crippen molar-refractivity contribution in [2.45, 2.75) is 38.5 Å². The second-order valence-electron chi connectivity index (χ2n) is 7.05. The third kappa shape index (κ3) is 5.49. The van der Waals surface area contributed by atoms with E-state index in [0.717, 1.165) is 25.7 Å². The molecule has 2 aromatic rings. The second-order valence-corrected chi connectivity index (χ2v) is 7.42. The Kier molecular flexibility index (Phi) is 7.31. The normalized spacial score (nSPS) is 13.8. The minimum absolute atomic E-state index is 0.0144. The Bertz CT molecular complexity index is 740. The molecule has 5 heteroatoms. The van der Waals surface area contributed by atoms with Crippen LogP contribution in [0.25, 0.3) is 0 Å². The van der Waals surface area contributed by atoms with Gasteiger partial charge in [-0.1, -0.05) is 60.7 Å². The predicted octanol–water partition coefficient (Wildman–Crippen LogP) is 3.99. The third-order valence-electron chi connectivity index (χ3n) is 5.01. The Morgan fingerprint density at radius 3 is 1.50 bits per heavy atom. The Balaban J connectivity index is 1.41. The van der Waals surface area contributed by atoms with Crippen LogP contribution in [0.3, 0.4) is 0 Å². The number of amides is 2. The van der Waals surface area contributed by atoms with Crippen molar-refractivity contribution in [1.82, 2.24) is 9.80 Å². The van der Waals surface area contributed by atoms with Crippen LogP contribution in [0.5, 0.6) is 0 Å². The molecule has 4 nitrogen and oxygen atoms in total. The fraction of sp³-hybridized carbons (Fsp3) is 0.348. The van der Waals surface area contributed by atoms with Crippen LogP contribution in [0.4, 0.5) is 0 Å². The highest BCUT2D eigenvalue weighted by molar-refractivity contribution is 7.80. The summed E-state index contributed by atoms with van der Waals surface area (Å²) in [5, 5.41) is 0.370. The lowest BCUT2D eigenvalue weighted by molar-refractivity contribution is -0.127. The van der Waals surface area contributed by atoms with Gasteiger partial charge < -0.3 is 0 Å². The van der Waals surface area contributed by atoms with Crippen LogP contribution in [0.2, 0.25) is 0 Å². The monoisotopic (exact) mass is 394 g/mol. The molecule has 1 saturated heterocycles. The average molecular weight is 395 g/mol. The van der Waals surface area contributed by atoms with Crippen LogP contribution in [-0.4, -0.2) is 39.8 Å². The Morgan fingerprint density at radius 1 is 0.714 bits per heavy atom. The summed E-state index contributed by atoms with van der Waals surface area (Å²) >= 11 is 5.41. The molecule has 28 heavy (non-hydrogen) atoms. The van der Waals surface area contributed by atoms with Gasteiger partial charge in [0.25, 0.3) is 0 Å². The van der Waals surface area contributed by atoms with Crippen LogP contribution in [-0.2, 0) is 22.4 Å². The number of nitrogens with zero attached hydrogens (tertiary/aromatic N) is 2. The number of thiocarbonyl (C=S) groups is 1. The molecule has 0 aliphatic carbocycles. The van der Waals surface area contributed by atoms with Gasteiger partial charge in [-0.25, -0.2) is 0 Å². The van der Waals surface area contributed by atoms with Crippen molar-refractivity contribution in [2.24, 2.45) is 0 Å². The van der Waals surface area contributed by atoms with Crippen LogP contribution < -0.4 is 0 Å². The number of carbonyl (C=O) groups is 2. The van der Waals surface area contributed by atoms with Gasteiger partial charge in [0.1, 0.15) is 0 Å². The number of hydrogen-bond donors (Lipinski definition) is 0. The van der Waals surface area contributed by atoms with Gasteiger partial charge in [-0.3, -0.25) is 19.4 Å². The van der Waals surface area contributed by atoms with Gasteiger partial charge in [-0.2, -0.15) is 0 Å². The summed E-state index contributed by atoms with van der Waals surface area (Å²) in [5.41, 5.74) is 2.46. The number of rotatable bonds is 8. The van der Waals surface area contributed by atoms with E-state index in [1.54, 1.807) is 9.80 Å². The molecule has 2 amide bonds. The molecule has 1 fully saturated rings. The number of benzene rings is 2. The van der Waals surface area contributed by atoms with Gasteiger partial charge in [0.15, 0.2) is 5.11 Å². The molecule has 146 valence electrons. The summed E-state index contributed by atoms with van der Waals surface area (Å²) in [5.74, 6) is 0.0287. The highest BCUT2D eigenvalue weighted by Crippen LogP contribution is 2.15. The fourth-order valence-corrected chi connectivity index (χ4v) is 3.83. The summed E-state index contributed by atoms with van der Waals surface area (Å²) in [6.07, 6.45) is 4.21. The maximum absolute atomic E-state index is 12.5. The Hall–Kier alpha value is -2.53. The van der Waals surface area contributed by atoms with E-state index in [4.69, 9.17) is 12.2 Å². The zero-order valence-corrected chi connectivity index (χ0v) is 16.9. The first-order chi connectivity index (χ1) is 13.6. The van der Waals surface area contributed by atoms with Gasteiger partial charge in [0.2, 0.25) is 11.8 Å². The van der Waals surface area contributed by atoms with Crippen molar-refractivity contribution in [2.75, 3.05) is 13.1 Å². The van der Waals surface area contributed by atoms with Crippen molar-refractivity contribution in [3.8, 4) is 0 Å². The second kappa shape index (κ2) is 10.1. The van der Waals surface area contributed by atoms with Crippen molar-refractivity contribution < 1.29 is 9.59 Å². The minimum Gasteiger partial charge on any atom is -0.287 e. The van der Waals surface area contributed by atoms with E-state index in [-0.39, 0.29) is 11.8 Å². The average Bonchev–Trinajstić information content (AvgIpc) is 3.11. The highest BCUT2D eigenvalue weighted by Gasteiger charge is 2.32. The summed E-state index contributed by atoms with van der Waals surface area (Å²) < 4.78 is 0. The Labute approximate surface area is 172 Å². The summed E-state index contributed by atoms with van der Waals surface area (Å²) in [7, 11) is 0. The van der Waals surface area contributed by atoms with Gasteiger partial charge in [0, 0.05) is 25.9 Å². The smallest absolute Gasteiger partial charge is 0.228 e. The zero-order chi connectivity index (χ0) is 19.8. The van der Waals surface area contributed by atoms with Crippen molar-refractivity contribution in [3.05, 3.63) is 71.8 Å².